The maximum absolute atomic E-state index is 13.0. The standard InChI is InChI=1S/C22H20N2O7/c1-12-17(21(28)31-3)18(15-6-4-5-7-16(15)20(27)30-2)23-22(29)24(12)14-10-8-13(9-11-14)19(25)26/h4-11,18H,1-3H3,(H,23,29)(H,25,26). The van der Waals surface area contributed by atoms with Crippen LogP contribution in [-0.4, -0.2) is 43.3 Å². The summed E-state index contributed by atoms with van der Waals surface area (Å²) in [7, 11) is 2.46. The Balaban J connectivity index is 2.15. The van der Waals surface area contributed by atoms with E-state index < -0.39 is 30.0 Å². The van der Waals surface area contributed by atoms with Crippen molar-refractivity contribution >= 4 is 29.6 Å². The Bertz CT molecular complexity index is 1090. The van der Waals surface area contributed by atoms with Crippen LogP contribution in [0.15, 0.2) is 59.8 Å². The molecule has 3 rings (SSSR count). The van der Waals surface area contributed by atoms with Crippen LogP contribution in [0.2, 0.25) is 0 Å². The highest BCUT2D eigenvalue weighted by molar-refractivity contribution is 6.04. The summed E-state index contributed by atoms with van der Waals surface area (Å²) in [6, 6.07) is 10.6. The van der Waals surface area contributed by atoms with Crippen LogP contribution in [0.25, 0.3) is 0 Å². The maximum Gasteiger partial charge on any atom is 0.338 e. The SMILES string of the molecule is COC(=O)C1=C(C)N(c2ccc(C(=O)O)cc2)C(=O)NC1c1ccccc1C(=O)OC. The van der Waals surface area contributed by atoms with E-state index in [9.17, 15) is 19.2 Å². The number of hydrogen-bond donors (Lipinski definition) is 2. The van der Waals surface area contributed by atoms with Crippen LogP contribution >= 0.6 is 0 Å². The molecule has 2 N–H and O–H groups in total. The van der Waals surface area contributed by atoms with Gasteiger partial charge in [0.05, 0.1) is 42.6 Å². The zero-order valence-electron chi connectivity index (χ0n) is 17.0. The number of amides is 2. The first kappa shape index (κ1) is 21.6. The Morgan fingerprint density at radius 3 is 2.16 bits per heavy atom. The first-order chi connectivity index (χ1) is 14.8. The van der Waals surface area contributed by atoms with Crippen molar-refractivity contribution in [1.82, 2.24) is 5.32 Å². The number of carboxylic acid groups (broad SMARTS) is 1. The molecule has 2 aromatic carbocycles. The molecule has 0 spiro atoms. The van der Waals surface area contributed by atoms with Gasteiger partial charge in [-0.1, -0.05) is 18.2 Å². The second kappa shape index (κ2) is 8.70. The molecule has 0 aromatic heterocycles. The van der Waals surface area contributed by atoms with E-state index in [-0.39, 0.29) is 22.4 Å². The Hall–Kier alpha value is -4.14. The van der Waals surface area contributed by atoms with Crippen LogP contribution in [0.1, 0.15) is 39.2 Å². The van der Waals surface area contributed by atoms with E-state index in [4.69, 9.17) is 14.6 Å². The highest BCUT2D eigenvalue weighted by Gasteiger charge is 2.38. The molecule has 0 saturated heterocycles. The molecule has 0 aliphatic carbocycles. The summed E-state index contributed by atoms with van der Waals surface area (Å²) in [5, 5.41) is 11.8. The lowest BCUT2D eigenvalue weighted by atomic mass is 9.91. The van der Waals surface area contributed by atoms with E-state index in [1.54, 1.807) is 25.1 Å². The van der Waals surface area contributed by atoms with E-state index in [1.807, 2.05) is 0 Å². The minimum Gasteiger partial charge on any atom is -0.478 e. The molecule has 1 aliphatic heterocycles. The summed E-state index contributed by atoms with van der Waals surface area (Å²) in [5.41, 5.74) is 1.40. The third-order valence-corrected chi connectivity index (χ3v) is 4.94. The summed E-state index contributed by atoms with van der Waals surface area (Å²) in [4.78, 5) is 50.3. The number of anilines is 1. The van der Waals surface area contributed by atoms with Crippen molar-refractivity contribution in [3.8, 4) is 0 Å². The molecule has 0 bridgehead atoms. The fraction of sp³-hybridized carbons (Fsp3) is 0.182. The predicted molar refractivity (Wildman–Crippen MR) is 110 cm³/mol. The van der Waals surface area contributed by atoms with Crippen LogP contribution in [0, 0.1) is 0 Å². The van der Waals surface area contributed by atoms with Crippen LogP contribution in [0.3, 0.4) is 0 Å². The molecule has 0 saturated carbocycles. The zero-order valence-corrected chi connectivity index (χ0v) is 17.0. The third-order valence-electron chi connectivity index (χ3n) is 4.94. The van der Waals surface area contributed by atoms with Crippen molar-refractivity contribution in [1.29, 1.82) is 0 Å². The van der Waals surface area contributed by atoms with Crippen molar-refractivity contribution in [2.75, 3.05) is 19.1 Å². The van der Waals surface area contributed by atoms with E-state index in [0.717, 1.165) is 0 Å². The van der Waals surface area contributed by atoms with Crippen LogP contribution in [-0.2, 0) is 14.3 Å². The van der Waals surface area contributed by atoms with Gasteiger partial charge in [0.2, 0.25) is 0 Å². The van der Waals surface area contributed by atoms with Gasteiger partial charge in [0, 0.05) is 5.70 Å². The lowest BCUT2D eigenvalue weighted by Gasteiger charge is -2.35. The fourth-order valence-corrected chi connectivity index (χ4v) is 3.46. The molecule has 2 aromatic rings. The Kier molecular flexibility index (Phi) is 6.05. The summed E-state index contributed by atoms with van der Waals surface area (Å²) in [5.74, 6) is -2.40. The Morgan fingerprint density at radius 1 is 0.968 bits per heavy atom. The summed E-state index contributed by atoms with van der Waals surface area (Å²) in [6.07, 6.45) is 0. The molecule has 1 unspecified atom stereocenters. The molecular weight excluding hydrogens is 404 g/mol. The van der Waals surface area contributed by atoms with Crippen molar-refractivity contribution in [2.24, 2.45) is 0 Å². The van der Waals surface area contributed by atoms with E-state index >= 15 is 0 Å². The van der Waals surface area contributed by atoms with Crippen molar-refractivity contribution in [2.45, 2.75) is 13.0 Å². The van der Waals surface area contributed by atoms with E-state index in [2.05, 4.69) is 5.32 Å². The van der Waals surface area contributed by atoms with Crippen molar-refractivity contribution < 1.29 is 33.8 Å². The number of hydrogen-bond acceptors (Lipinski definition) is 6. The third kappa shape index (κ3) is 3.97. The fourth-order valence-electron chi connectivity index (χ4n) is 3.46. The normalized spacial score (nSPS) is 15.9. The summed E-state index contributed by atoms with van der Waals surface area (Å²) in [6.45, 7) is 1.57. The smallest absolute Gasteiger partial charge is 0.338 e. The second-order valence-corrected chi connectivity index (χ2v) is 6.64. The monoisotopic (exact) mass is 424 g/mol. The molecular formula is C22H20N2O7. The summed E-state index contributed by atoms with van der Waals surface area (Å²) >= 11 is 0. The minimum atomic E-state index is -1.10. The van der Waals surface area contributed by atoms with Gasteiger partial charge in [-0.2, -0.15) is 0 Å². The van der Waals surface area contributed by atoms with E-state index in [1.165, 1.54) is 49.5 Å². The molecule has 0 radical (unpaired) electrons. The van der Waals surface area contributed by atoms with Gasteiger partial charge in [-0.05, 0) is 42.8 Å². The quantitative estimate of drug-likeness (QED) is 0.708. The molecule has 9 heteroatoms. The van der Waals surface area contributed by atoms with Crippen LogP contribution in [0.4, 0.5) is 10.5 Å². The predicted octanol–water partition coefficient (Wildman–Crippen LogP) is 2.89. The Labute approximate surface area is 177 Å². The number of benzene rings is 2. The number of nitrogens with one attached hydrogen (secondary N) is 1. The van der Waals surface area contributed by atoms with Gasteiger partial charge >= 0.3 is 23.9 Å². The lowest BCUT2D eigenvalue weighted by molar-refractivity contribution is -0.136. The number of urea groups is 1. The van der Waals surface area contributed by atoms with Gasteiger partial charge < -0.3 is 19.9 Å². The van der Waals surface area contributed by atoms with Crippen molar-refractivity contribution in [3.05, 3.63) is 76.5 Å². The van der Waals surface area contributed by atoms with Gasteiger partial charge in [0.25, 0.3) is 0 Å². The second-order valence-electron chi connectivity index (χ2n) is 6.64. The average Bonchev–Trinajstić information content (AvgIpc) is 2.78. The number of carbonyl (C=O) groups excluding carboxylic acids is 3. The summed E-state index contributed by atoms with van der Waals surface area (Å²) < 4.78 is 9.76. The lowest BCUT2D eigenvalue weighted by Crippen LogP contribution is -2.48. The Morgan fingerprint density at radius 2 is 1.58 bits per heavy atom. The number of nitrogens with zero attached hydrogens (tertiary/aromatic N) is 1. The topological polar surface area (TPSA) is 122 Å². The molecule has 1 heterocycles. The van der Waals surface area contributed by atoms with Gasteiger partial charge in [-0.25, -0.2) is 19.2 Å². The minimum absolute atomic E-state index is 0.0564. The number of rotatable bonds is 5. The molecule has 0 fully saturated rings. The van der Waals surface area contributed by atoms with Crippen LogP contribution in [0.5, 0.6) is 0 Å². The first-order valence-corrected chi connectivity index (χ1v) is 9.20. The maximum atomic E-state index is 13.0. The first-order valence-electron chi connectivity index (χ1n) is 9.20. The zero-order chi connectivity index (χ0) is 22.7. The molecule has 160 valence electrons. The number of carbonyl (C=O) groups is 4. The molecule has 2 amide bonds. The van der Waals surface area contributed by atoms with Crippen LogP contribution < -0.4 is 10.2 Å². The van der Waals surface area contributed by atoms with Gasteiger partial charge in [-0.3, -0.25) is 4.90 Å². The highest BCUT2D eigenvalue weighted by atomic mass is 16.5. The largest absolute Gasteiger partial charge is 0.478 e. The number of allylic oxidation sites excluding steroid dienone is 1. The molecule has 1 atom stereocenters. The molecule has 31 heavy (non-hydrogen) atoms. The highest BCUT2D eigenvalue weighted by Crippen LogP contribution is 2.35. The molecule has 9 nitrogen and oxygen atoms in total. The number of methoxy groups -OCH3 is 2. The number of carboxylic acids is 1. The van der Waals surface area contributed by atoms with Gasteiger partial charge in [-0.15, -0.1) is 0 Å². The number of aromatic carboxylic acids is 1. The van der Waals surface area contributed by atoms with Crippen molar-refractivity contribution in [3.63, 3.8) is 0 Å². The van der Waals surface area contributed by atoms with Gasteiger partial charge in [0.15, 0.2) is 0 Å². The molecule has 1 aliphatic rings. The van der Waals surface area contributed by atoms with Gasteiger partial charge in [0.1, 0.15) is 0 Å². The number of ether oxygens (including phenoxy) is 2. The average molecular weight is 424 g/mol. The van der Waals surface area contributed by atoms with E-state index in [0.29, 0.717) is 11.3 Å². The number of esters is 2.